The van der Waals surface area contributed by atoms with Crippen LogP contribution in [0, 0.1) is 17.8 Å². The van der Waals surface area contributed by atoms with Crippen LogP contribution in [-0.2, 0) is 19.2 Å². The van der Waals surface area contributed by atoms with Crippen molar-refractivity contribution in [2.75, 3.05) is 12.0 Å². The topological polar surface area (TPSA) is 159 Å². The second-order valence-electron chi connectivity index (χ2n) is 10.3. The van der Waals surface area contributed by atoms with E-state index in [9.17, 15) is 39.3 Å². The number of fused-ring (bicyclic) bond motifs is 3. The molecule has 4 unspecified atom stereocenters. The highest BCUT2D eigenvalue weighted by molar-refractivity contribution is 9.12. The van der Waals surface area contributed by atoms with Crippen LogP contribution in [0.25, 0.3) is 0 Å². The standard InChI is InChI=1S/C30H22BrNO9/c1-41-22-4-2-3-15(27(22)36)23-13-7-8-16-24(17(13)10-18-25(23)21(34)11-19(31)26(18)35)29(38)32(28(16)37)12-5-6-14(30(39)40)20(33)9-12/h2-7,9,11,16-17,23-24,33,36H,8,10H2,1H3,(H,39,40). The number of methoxy groups -OCH3 is 1. The van der Waals surface area contributed by atoms with Gasteiger partial charge >= 0.3 is 5.97 Å². The lowest BCUT2D eigenvalue weighted by molar-refractivity contribution is -0.123. The zero-order valence-corrected chi connectivity index (χ0v) is 23.0. The van der Waals surface area contributed by atoms with Gasteiger partial charge in [-0.05, 0) is 52.9 Å². The van der Waals surface area contributed by atoms with E-state index in [1.807, 2.05) is 6.08 Å². The molecular weight excluding hydrogens is 598 g/mol. The van der Waals surface area contributed by atoms with Gasteiger partial charge in [0.1, 0.15) is 11.3 Å². The number of nitrogens with zero attached hydrogens (tertiary/aromatic N) is 1. The first kappa shape index (κ1) is 26.7. The fraction of sp³-hybridized carbons (Fsp3) is 0.233. The van der Waals surface area contributed by atoms with Gasteiger partial charge in [-0.3, -0.25) is 19.2 Å². The molecule has 2 aromatic carbocycles. The number of carbonyl (C=O) groups is 5. The number of carboxylic acid groups (broad SMARTS) is 1. The maximum atomic E-state index is 13.9. The lowest BCUT2D eigenvalue weighted by atomic mass is 9.59. The summed E-state index contributed by atoms with van der Waals surface area (Å²) in [5.74, 6) is -7.01. The summed E-state index contributed by atoms with van der Waals surface area (Å²) in [5, 5.41) is 30.6. The molecule has 2 aromatic rings. The second kappa shape index (κ2) is 9.55. The summed E-state index contributed by atoms with van der Waals surface area (Å²) < 4.78 is 5.37. The van der Waals surface area contributed by atoms with Crippen molar-refractivity contribution in [1.29, 1.82) is 0 Å². The number of rotatable bonds is 4. The number of phenolic OH excluding ortho intramolecular Hbond substituents is 1. The first-order valence-corrected chi connectivity index (χ1v) is 13.5. The molecule has 1 saturated heterocycles. The third kappa shape index (κ3) is 3.86. The summed E-state index contributed by atoms with van der Waals surface area (Å²) in [5.41, 5.74) is 1.06. The van der Waals surface area contributed by atoms with E-state index in [0.29, 0.717) is 11.1 Å². The van der Waals surface area contributed by atoms with Gasteiger partial charge in [-0.15, -0.1) is 0 Å². The number of para-hydroxylation sites is 1. The van der Waals surface area contributed by atoms with E-state index in [0.717, 1.165) is 17.0 Å². The maximum absolute atomic E-state index is 13.9. The van der Waals surface area contributed by atoms with E-state index < -0.39 is 58.8 Å². The number of imide groups is 1. The average Bonchev–Trinajstić information content (AvgIpc) is 3.20. The van der Waals surface area contributed by atoms with Crippen molar-refractivity contribution in [2.45, 2.75) is 18.8 Å². The zero-order chi connectivity index (χ0) is 29.3. The van der Waals surface area contributed by atoms with Crippen LogP contribution in [0.5, 0.6) is 17.2 Å². The molecule has 2 amide bonds. The van der Waals surface area contributed by atoms with Gasteiger partial charge in [0.05, 0.1) is 29.1 Å². The summed E-state index contributed by atoms with van der Waals surface area (Å²) >= 11 is 3.18. The van der Waals surface area contributed by atoms with Gasteiger partial charge < -0.3 is 20.1 Å². The van der Waals surface area contributed by atoms with Crippen LogP contribution in [-0.4, -0.2) is 51.8 Å². The van der Waals surface area contributed by atoms with Crippen molar-refractivity contribution >= 4 is 51.0 Å². The van der Waals surface area contributed by atoms with Crippen molar-refractivity contribution < 1.29 is 44.0 Å². The predicted octanol–water partition coefficient (Wildman–Crippen LogP) is 3.77. The number of anilines is 1. The van der Waals surface area contributed by atoms with Gasteiger partial charge in [-0.2, -0.15) is 0 Å². The van der Waals surface area contributed by atoms with Crippen LogP contribution in [0.1, 0.15) is 34.7 Å². The second-order valence-corrected chi connectivity index (χ2v) is 11.2. The van der Waals surface area contributed by atoms with Crippen LogP contribution in [0.2, 0.25) is 0 Å². The number of aromatic carboxylic acids is 1. The van der Waals surface area contributed by atoms with Crippen molar-refractivity contribution in [3.63, 3.8) is 0 Å². The largest absolute Gasteiger partial charge is 0.507 e. The summed E-state index contributed by atoms with van der Waals surface area (Å²) in [6.07, 6.45) is 3.22. The Morgan fingerprint density at radius 3 is 2.49 bits per heavy atom. The lowest BCUT2D eigenvalue weighted by Crippen LogP contribution is -2.39. The third-order valence-electron chi connectivity index (χ3n) is 8.36. The summed E-state index contributed by atoms with van der Waals surface area (Å²) in [4.78, 5) is 66.5. The average molecular weight is 620 g/mol. The molecule has 11 heteroatoms. The fourth-order valence-corrected chi connectivity index (χ4v) is 7.04. The van der Waals surface area contributed by atoms with Gasteiger partial charge in [0, 0.05) is 34.8 Å². The van der Waals surface area contributed by atoms with E-state index in [1.165, 1.54) is 19.3 Å². The SMILES string of the molecule is COc1cccc(C2C3=CCC4C(=O)N(c5ccc(C(=O)O)c(O)c5)C(=O)C4C3CC3=C2C(=O)C=C(Br)C3=O)c1O. The van der Waals surface area contributed by atoms with E-state index in [-0.39, 0.29) is 51.2 Å². The summed E-state index contributed by atoms with van der Waals surface area (Å²) in [6, 6.07) is 8.32. The Morgan fingerprint density at radius 1 is 1.05 bits per heavy atom. The minimum absolute atomic E-state index is 0.0331. The number of carbonyl (C=O) groups excluding carboxylic acids is 4. The Balaban J connectivity index is 1.48. The number of phenols is 2. The Hall–Kier alpha value is -4.51. The molecule has 10 nitrogen and oxygen atoms in total. The molecule has 6 rings (SSSR count). The highest BCUT2D eigenvalue weighted by Gasteiger charge is 2.57. The monoisotopic (exact) mass is 619 g/mol. The Morgan fingerprint density at radius 2 is 1.80 bits per heavy atom. The Labute approximate surface area is 241 Å². The number of halogens is 1. The number of hydrogen-bond acceptors (Lipinski definition) is 8. The van der Waals surface area contributed by atoms with Gasteiger partial charge in [0.15, 0.2) is 23.1 Å². The number of Topliss-reactive ketones (excluding diaryl/α,β-unsaturated/α-hetero) is 1. The number of benzene rings is 2. The molecule has 0 aromatic heterocycles. The lowest BCUT2D eigenvalue weighted by Gasteiger charge is -2.42. The fourth-order valence-electron chi connectivity index (χ4n) is 6.59. The zero-order valence-electron chi connectivity index (χ0n) is 21.5. The Kier molecular flexibility index (Phi) is 6.22. The molecule has 0 radical (unpaired) electrons. The number of amides is 2. The maximum Gasteiger partial charge on any atom is 0.339 e. The van der Waals surface area contributed by atoms with Crippen LogP contribution < -0.4 is 9.64 Å². The molecule has 4 aliphatic rings. The normalized spacial score (nSPS) is 25.4. The van der Waals surface area contributed by atoms with E-state index in [4.69, 9.17) is 4.74 Å². The molecule has 1 heterocycles. The third-order valence-corrected chi connectivity index (χ3v) is 8.95. The number of carboxylic acids is 1. The minimum Gasteiger partial charge on any atom is -0.507 e. The first-order chi connectivity index (χ1) is 19.5. The number of ether oxygens (including phenoxy) is 1. The van der Waals surface area contributed by atoms with Crippen molar-refractivity contribution in [1.82, 2.24) is 0 Å². The Bertz CT molecular complexity index is 1700. The van der Waals surface area contributed by atoms with Crippen LogP contribution in [0.15, 0.2) is 69.8 Å². The molecule has 4 atom stereocenters. The van der Waals surface area contributed by atoms with Crippen molar-refractivity contribution in [2.24, 2.45) is 17.8 Å². The summed E-state index contributed by atoms with van der Waals surface area (Å²) in [7, 11) is 1.39. The molecule has 0 saturated carbocycles. The highest BCUT2D eigenvalue weighted by atomic mass is 79.9. The van der Waals surface area contributed by atoms with Crippen molar-refractivity contribution in [3.05, 3.63) is 80.9 Å². The van der Waals surface area contributed by atoms with Gasteiger partial charge in [-0.1, -0.05) is 23.8 Å². The van der Waals surface area contributed by atoms with E-state index in [2.05, 4.69) is 15.9 Å². The molecule has 3 aliphatic carbocycles. The minimum atomic E-state index is -1.36. The molecule has 3 N–H and O–H groups in total. The first-order valence-electron chi connectivity index (χ1n) is 12.7. The quantitative estimate of drug-likeness (QED) is 0.263. The number of allylic oxidation sites excluding steroid dienone is 6. The molecule has 208 valence electrons. The molecular formula is C30H22BrNO9. The molecule has 41 heavy (non-hydrogen) atoms. The number of ketones is 2. The summed E-state index contributed by atoms with van der Waals surface area (Å²) in [6.45, 7) is 0. The number of hydrogen-bond donors (Lipinski definition) is 3. The van der Waals surface area contributed by atoms with Crippen LogP contribution in [0.4, 0.5) is 5.69 Å². The molecule has 1 aliphatic heterocycles. The number of aromatic hydroxyl groups is 2. The smallest absolute Gasteiger partial charge is 0.339 e. The van der Waals surface area contributed by atoms with Crippen LogP contribution in [0.3, 0.4) is 0 Å². The molecule has 0 spiro atoms. The highest BCUT2D eigenvalue weighted by Crippen LogP contribution is 2.57. The van der Waals surface area contributed by atoms with E-state index >= 15 is 0 Å². The predicted molar refractivity (Wildman–Crippen MR) is 147 cm³/mol. The molecule has 1 fully saturated rings. The van der Waals surface area contributed by atoms with Gasteiger partial charge in [0.2, 0.25) is 11.8 Å². The van der Waals surface area contributed by atoms with Gasteiger partial charge in [0.25, 0.3) is 0 Å². The van der Waals surface area contributed by atoms with Crippen molar-refractivity contribution in [3.8, 4) is 17.2 Å². The van der Waals surface area contributed by atoms with Gasteiger partial charge in [-0.25, -0.2) is 9.69 Å². The van der Waals surface area contributed by atoms with Crippen LogP contribution >= 0.6 is 15.9 Å². The molecule has 0 bridgehead atoms. The van der Waals surface area contributed by atoms with E-state index in [1.54, 1.807) is 18.2 Å².